The average molecular weight is 274 g/mol. The van der Waals surface area contributed by atoms with E-state index in [0.29, 0.717) is 11.3 Å². The van der Waals surface area contributed by atoms with Gasteiger partial charge in [-0.1, -0.05) is 29.8 Å². The molecule has 2 aromatic rings. The maximum absolute atomic E-state index is 12.7. The van der Waals surface area contributed by atoms with Crippen LogP contribution in [0.4, 0.5) is 4.39 Å². The van der Waals surface area contributed by atoms with Crippen LogP contribution in [-0.2, 0) is 5.75 Å². The summed E-state index contributed by atoms with van der Waals surface area (Å²) in [5.74, 6) is 0.954. The molecule has 0 heterocycles. The van der Waals surface area contributed by atoms with Crippen molar-refractivity contribution in [3.8, 4) is 0 Å². The molecule has 0 fully saturated rings. The van der Waals surface area contributed by atoms with Gasteiger partial charge in [0.2, 0.25) is 0 Å². The lowest BCUT2D eigenvalue weighted by Gasteiger charge is -2.03. The molecule has 0 saturated carbocycles. The molecule has 0 amide bonds. The first-order chi connectivity index (χ1) is 9.15. The Morgan fingerprint density at radius 2 is 1.89 bits per heavy atom. The highest BCUT2D eigenvalue weighted by Gasteiger charge is 2.06. The van der Waals surface area contributed by atoms with Gasteiger partial charge in [0.15, 0.2) is 5.78 Å². The predicted molar refractivity (Wildman–Crippen MR) is 78.1 cm³/mol. The van der Waals surface area contributed by atoms with Gasteiger partial charge >= 0.3 is 0 Å². The third-order valence-electron chi connectivity index (χ3n) is 2.75. The maximum Gasteiger partial charge on any atom is 0.172 e. The third-order valence-corrected chi connectivity index (χ3v) is 3.75. The molecule has 0 bridgehead atoms. The van der Waals surface area contributed by atoms with Crippen LogP contribution < -0.4 is 0 Å². The number of benzene rings is 2. The highest BCUT2D eigenvalue weighted by atomic mass is 32.2. The molecule has 0 saturated heterocycles. The van der Waals surface area contributed by atoms with Crippen molar-refractivity contribution < 1.29 is 9.18 Å². The fourth-order valence-corrected chi connectivity index (χ4v) is 2.65. The molecule has 0 spiro atoms. The Labute approximate surface area is 116 Å². The van der Waals surface area contributed by atoms with Crippen LogP contribution in [0, 0.1) is 12.7 Å². The van der Waals surface area contributed by atoms with E-state index in [-0.39, 0.29) is 11.6 Å². The molecule has 2 rings (SSSR count). The van der Waals surface area contributed by atoms with Gasteiger partial charge in [-0.25, -0.2) is 4.39 Å². The van der Waals surface area contributed by atoms with Crippen molar-refractivity contribution >= 4 is 17.5 Å². The lowest BCUT2D eigenvalue weighted by molar-refractivity contribution is 0.102. The Kier molecular flexibility index (Phi) is 4.74. The molecular formula is C16H15FOS. The Hall–Kier alpha value is -1.61. The summed E-state index contributed by atoms with van der Waals surface area (Å²) in [4.78, 5) is 11.9. The van der Waals surface area contributed by atoms with Crippen molar-refractivity contribution in [1.29, 1.82) is 0 Å². The molecule has 0 aliphatic carbocycles. The second-order valence-electron chi connectivity index (χ2n) is 4.41. The van der Waals surface area contributed by atoms with Gasteiger partial charge in [0, 0.05) is 11.3 Å². The summed E-state index contributed by atoms with van der Waals surface area (Å²) in [5.41, 5.74) is 3.01. The largest absolute Gasteiger partial charge is 0.293 e. The summed E-state index contributed by atoms with van der Waals surface area (Å²) in [6.07, 6.45) is 0. The number of ketones is 1. The zero-order valence-corrected chi connectivity index (χ0v) is 11.5. The second-order valence-corrected chi connectivity index (χ2v) is 5.40. The second kappa shape index (κ2) is 6.53. The molecule has 0 atom stereocenters. The number of thioether (sulfide) groups is 1. The molecule has 3 heteroatoms. The Morgan fingerprint density at radius 3 is 2.58 bits per heavy atom. The molecule has 0 N–H and O–H groups in total. The Bertz CT molecular complexity index is 563. The van der Waals surface area contributed by atoms with E-state index in [1.165, 1.54) is 35.4 Å². The molecule has 0 unspecified atom stereocenters. The summed E-state index contributed by atoms with van der Waals surface area (Å²) in [7, 11) is 0. The van der Waals surface area contributed by atoms with Gasteiger partial charge in [-0.15, -0.1) is 11.8 Å². The Balaban J connectivity index is 1.86. The van der Waals surface area contributed by atoms with Gasteiger partial charge in [-0.3, -0.25) is 4.79 Å². The first-order valence-corrected chi connectivity index (χ1v) is 7.22. The molecule has 19 heavy (non-hydrogen) atoms. The average Bonchev–Trinajstić information content (AvgIpc) is 2.39. The van der Waals surface area contributed by atoms with Gasteiger partial charge in [-0.2, -0.15) is 0 Å². The van der Waals surface area contributed by atoms with Gasteiger partial charge in [-0.05, 0) is 36.8 Å². The van der Waals surface area contributed by atoms with Gasteiger partial charge in [0.1, 0.15) is 5.82 Å². The van der Waals surface area contributed by atoms with E-state index in [1.54, 1.807) is 11.8 Å². The summed E-state index contributed by atoms with van der Waals surface area (Å²) in [5, 5.41) is 0. The minimum Gasteiger partial charge on any atom is -0.293 e. The van der Waals surface area contributed by atoms with Crippen LogP contribution in [0.25, 0.3) is 0 Å². The van der Waals surface area contributed by atoms with Crippen LogP contribution in [0.2, 0.25) is 0 Å². The van der Waals surface area contributed by atoms with E-state index < -0.39 is 0 Å². The monoisotopic (exact) mass is 274 g/mol. The number of carbonyl (C=O) groups excluding carboxylic acids is 1. The molecule has 2 aromatic carbocycles. The SMILES string of the molecule is Cc1cccc(CSCC(=O)c2ccc(F)cc2)c1. The van der Waals surface area contributed by atoms with Gasteiger partial charge in [0.05, 0.1) is 5.75 Å². The Morgan fingerprint density at radius 1 is 1.16 bits per heavy atom. The standard InChI is InChI=1S/C16H15FOS/c1-12-3-2-4-13(9-12)10-19-11-16(18)14-5-7-15(17)8-6-14/h2-9H,10-11H2,1H3. The number of hydrogen-bond acceptors (Lipinski definition) is 2. The minimum atomic E-state index is -0.316. The topological polar surface area (TPSA) is 17.1 Å². The molecule has 0 radical (unpaired) electrons. The third kappa shape index (κ3) is 4.21. The normalized spacial score (nSPS) is 10.4. The van der Waals surface area contributed by atoms with Crippen molar-refractivity contribution in [2.45, 2.75) is 12.7 Å². The first kappa shape index (κ1) is 13.8. The zero-order valence-electron chi connectivity index (χ0n) is 10.7. The van der Waals surface area contributed by atoms with Crippen molar-refractivity contribution in [3.63, 3.8) is 0 Å². The number of rotatable bonds is 5. The molecule has 0 aliphatic rings. The van der Waals surface area contributed by atoms with Gasteiger partial charge in [0.25, 0.3) is 0 Å². The molecule has 0 aromatic heterocycles. The smallest absolute Gasteiger partial charge is 0.172 e. The van der Waals surface area contributed by atoms with Crippen LogP contribution in [-0.4, -0.2) is 11.5 Å². The summed E-state index contributed by atoms with van der Waals surface area (Å²) in [6.45, 7) is 2.05. The first-order valence-electron chi connectivity index (χ1n) is 6.07. The minimum absolute atomic E-state index is 0.0395. The lowest BCUT2D eigenvalue weighted by atomic mass is 10.1. The van der Waals surface area contributed by atoms with Gasteiger partial charge < -0.3 is 0 Å². The zero-order chi connectivity index (χ0) is 13.7. The highest BCUT2D eigenvalue weighted by Crippen LogP contribution is 2.15. The van der Waals surface area contributed by atoms with Crippen LogP contribution in [0.15, 0.2) is 48.5 Å². The number of aryl methyl sites for hydroxylation is 1. The van der Waals surface area contributed by atoms with Crippen molar-refractivity contribution in [1.82, 2.24) is 0 Å². The fourth-order valence-electron chi connectivity index (χ4n) is 1.78. The van der Waals surface area contributed by atoms with E-state index in [0.717, 1.165) is 5.75 Å². The van der Waals surface area contributed by atoms with E-state index in [2.05, 4.69) is 25.1 Å². The maximum atomic E-state index is 12.7. The van der Waals surface area contributed by atoms with Crippen molar-refractivity contribution in [2.75, 3.05) is 5.75 Å². The van der Waals surface area contributed by atoms with Crippen LogP contribution >= 0.6 is 11.8 Å². The van der Waals surface area contributed by atoms with Crippen molar-refractivity contribution in [3.05, 3.63) is 71.0 Å². The number of hydrogen-bond donors (Lipinski definition) is 0. The molecular weight excluding hydrogens is 259 g/mol. The van der Waals surface area contributed by atoms with E-state index in [4.69, 9.17) is 0 Å². The van der Waals surface area contributed by atoms with Crippen LogP contribution in [0.3, 0.4) is 0 Å². The quantitative estimate of drug-likeness (QED) is 0.758. The molecule has 98 valence electrons. The highest BCUT2D eigenvalue weighted by molar-refractivity contribution is 7.99. The number of Topliss-reactive ketones (excluding diaryl/α,β-unsaturated/α-hetero) is 1. The summed E-state index contributed by atoms with van der Waals surface area (Å²) in [6, 6.07) is 14.0. The van der Waals surface area contributed by atoms with Crippen molar-refractivity contribution in [2.24, 2.45) is 0 Å². The van der Waals surface area contributed by atoms with E-state index in [9.17, 15) is 9.18 Å². The summed E-state index contributed by atoms with van der Waals surface area (Å²) < 4.78 is 12.7. The predicted octanol–water partition coefficient (Wildman–Crippen LogP) is 4.25. The fraction of sp³-hybridized carbons (Fsp3) is 0.188. The van der Waals surface area contributed by atoms with E-state index in [1.807, 2.05) is 6.07 Å². The van der Waals surface area contributed by atoms with Crippen LogP contribution in [0.1, 0.15) is 21.5 Å². The lowest BCUT2D eigenvalue weighted by Crippen LogP contribution is -2.02. The molecule has 0 aliphatic heterocycles. The number of halogens is 1. The van der Waals surface area contributed by atoms with Crippen LogP contribution in [0.5, 0.6) is 0 Å². The number of carbonyl (C=O) groups is 1. The van der Waals surface area contributed by atoms with E-state index >= 15 is 0 Å². The summed E-state index contributed by atoms with van der Waals surface area (Å²) >= 11 is 1.58. The molecule has 1 nitrogen and oxygen atoms in total.